The maximum Gasteiger partial charge on any atom is 0.308 e. The van der Waals surface area contributed by atoms with E-state index in [1.807, 2.05) is 0 Å². The lowest BCUT2D eigenvalue weighted by atomic mass is 9.98. The van der Waals surface area contributed by atoms with Crippen LogP contribution in [0.4, 0.5) is 0 Å². The van der Waals surface area contributed by atoms with Crippen LogP contribution in [0, 0.1) is 0 Å². The molecule has 0 aromatic rings. The number of carbonyl (C=O) groups excluding carboxylic acids is 2. The molecule has 98 heavy (non-hydrogen) atoms. The Balaban J connectivity index is 1.03. The summed E-state index contributed by atoms with van der Waals surface area (Å²) in [5.41, 5.74) is 0. The van der Waals surface area contributed by atoms with Crippen LogP contribution in [0.5, 0.6) is 0 Å². The number of aliphatic hydroxyl groups is 16. The van der Waals surface area contributed by atoms with Gasteiger partial charge in [-0.15, -0.1) is 0 Å². The van der Waals surface area contributed by atoms with Gasteiger partial charge in [0.15, 0.2) is 25.2 Å². The van der Waals surface area contributed by atoms with Gasteiger partial charge < -0.3 is 129 Å². The van der Waals surface area contributed by atoms with Crippen molar-refractivity contribution in [2.75, 3.05) is 26.4 Å². The van der Waals surface area contributed by atoms with Gasteiger partial charge in [-0.3, -0.25) is 9.59 Å². The molecule has 0 radical (unpaired) electrons. The molecule has 28 heteroatoms. The molecule has 28 nitrogen and oxygen atoms in total. The molecule has 0 aromatic heterocycles. The van der Waals surface area contributed by atoms with Crippen LogP contribution in [0.3, 0.4) is 0 Å². The van der Waals surface area contributed by atoms with Gasteiger partial charge in [0.1, 0.15) is 111 Å². The van der Waals surface area contributed by atoms with Crippen LogP contribution in [0.15, 0.2) is 0 Å². The summed E-state index contributed by atoms with van der Waals surface area (Å²) in [6.45, 7) is 1.32. The highest BCUT2D eigenvalue weighted by atomic mass is 16.7. The highest BCUT2D eigenvalue weighted by Crippen LogP contribution is 2.32. The van der Waals surface area contributed by atoms with Crippen LogP contribution >= 0.6 is 0 Å². The number of unbranched alkanes of at least 4 members (excludes halogenated alkanes) is 22. The minimum absolute atomic E-state index is 0.265. The first-order valence-corrected chi connectivity index (χ1v) is 37.3. The molecular formula is C70H128O28. The van der Waals surface area contributed by atoms with Gasteiger partial charge in [-0.2, -0.15) is 0 Å². The molecule has 26 atom stereocenters. The number of hydrogen-bond acceptors (Lipinski definition) is 28. The first-order chi connectivity index (χ1) is 47.0. The second kappa shape index (κ2) is 48.2. The summed E-state index contributed by atoms with van der Waals surface area (Å²) in [4.78, 5) is 27.1. The number of esters is 2. The molecule has 5 aliphatic rings. The Morgan fingerprint density at radius 1 is 0.337 bits per heavy atom. The van der Waals surface area contributed by atoms with Crippen LogP contribution in [0.1, 0.15) is 245 Å². The van der Waals surface area contributed by atoms with E-state index in [9.17, 15) is 91.3 Å². The van der Waals surface area contributed by atoms with Crippen molar-refractivity contribution in [1.82, 2.24) is 0 Å². The quantitative estimate of drug-likeness (QED) is 0.0308. The Morgan fingerprint density at radius 3 is 0.918 bits per heavy atom. The number of aliphatic hydroxyl groups excluding tert-OH is 16. The Bertz CT molecular complexity index is 2060. The van der Waals surface area contributed by atoms with Crippen molar-refractivity contribution in [3.63, 3.8) is 0 Å². The second-order valence-corrected chi connectivity index (χ2v) is 28.4. The number of carbonyl (C=O) groups is 2. The fraction of sp³-hybridized carbons (Fsp3) is 0.971. The number of ether oxygens (including phenoxy) is 10. The van der Waals surface area contributed by atoms with E-state index >= 15 is 0 Å². The summed E-state index contributed by atoms with van der Waals surface area (Å²) in [6.07, 6.45) is -5.60. The van der Waals surface area contributed by atoms with Crippen LogP contribution in [0.25, 0.3) is 0 Å². The molecule has 0 aliphatic carbocycles. The predicted octanol–water partition coefficient (Wildman–Crippen LogP) is 2.65. The summed E-state index contributed by atoms with van der Waals surface area (Å²) in [6, 6.07) is 0. The largest absolute Gasteiger partial charge is 0.463 e. The molecule has 16 N–H and O–H groups in total. The first kappa shape index (κ1) is 86.6. The van der Waals surface area contributed by atoms with Crippen molar-refractivity contribution in [3.8, 4) is 0 Å². The fourth-order valence-electron chi connectivity index (χ4n) is 13.6. The monoisotopic (exact) mass is 1420 g/mol. The van der Waals surface area contributed by atoms with Crippen LogP contribution < -0.4 is 0 Å². The summed E-state index contributed by atoms with van der Waals surface area (Å²) in [5.74, 6) is -1.56. The molecule has 5 aliphatic heterocycles. The second-order valence-electron chi connectivity index (χ2n) is 28.4. The van der Waals surface area contributed by atoms with E-state index in [2.05, 4.69) is 0 Å². The van der Waals surface area contributed by atoms with Gasteiger partial charge >= 0.3 is 11.9 Å². The highest BCUT2D eigenvalue weighted by molar-refractivity contribution is 5.70. The Morgan fingerprint density at radius 2 is 0.612 bits per heavy atom. The van der Waals surface area contributed by atoms with Gasteiger partial charge in [0.25, 0.3) is 0 Å². The summed E-state index contributed by atoms with van der Waals surface area (Å²) in [5, 5.41) is 167. The number of cyclic esters (lactones) is 2. The lowest BCUT2D eigenvalue weighted by Gasteiger charge is -2.42. The lowest BCUT2D eigenvalue weighted by molar-refractivity contribution is -0.316. The molecule has 0 aromatic carbocycles. The molecule has 5 heterocycles. The molecule has 5 fully saturated rings. The average molecular weight is 1420 g/mol. The Labute approximate surface area is 579 Å². The summed E-state index contributed by atoms with van der Waals surface area (Å²) >= 11 is 0. The standard InChI is InChI=1S/C70H128O28/c1-43(73)29-21-19-27-33-45(91-67-63(85)59(81)55(77)49(39-71)95-67)31-23-15-11-7-4-3-5-8-13-17-25-35-47-37-53(75)89-41-52-58(80)62(84)66(88)70(98-52)94-48(38-54(76)90-42-51-57(79)61(83)65(87)69(93-47)97-51)36-26-18-14-10-6-9-12-16-24-32-46(34-28-20-22-30-44(2)74)92-68-64(86)60(82)56(78)50(40-72)96-68/h43-52,55-74,77-88H,3-42H2,1-2H3/t43?,44?,45?,46?,47?,48?,49-,50-,51-,52-,55-,56-,57-,58-,59+,60+,61+,62+,63-,64-,65-,66-,67-,68-,69-,70-/m1/s1. The molecule has 5 rings (SSSR count). The molecule has 6 unspecified atom stereocenters. The smallest absolute Gasteiger partial charge is 0.308 e. The van der Waals surface area contributed by atoms with E-state index in [-0.39, 0.29) is 43.7 Å². The minimum Gasteiger partial charge on any atom is -0.463 e. The Kier molecular flexibility index (Phi) is 42.6. The van der Waals surface area contributed by atoms with Crippen LogP contribution in [-0.4, -0.2) is 280 Å². The molecule has 4 bridgehead atoms. The Hall–Kier alpha value is -2.02. The fourth-order valence-corrected chi connectivity index (χ4v) is 13.6. The third-order valence-electron chi connectivity index (χ3n) is 19.8. The van der Waals surface area contributed by atoms with E-state index < -0.39 is 173 Å². The van der Waals surface area contributed by atoms with Gasteiger partial charge in [0.2, 0.25) is 0 Å². The topological polar surface area (TPSA) is 450 Å². The van der Waals surface area contributed by atoms with Crippen molar-refractivity contribution in [2.24, 2.45) is 0 Å². The van der Waals surface area contributed by atoms with Crippen LogP contribution in [-0.2, 0) is 57.0 Å². The molecule has 5 saturated heterocycles. The first-order valence-electron chi connectivity index (χ1n) is 37.3. The van der Waals surface area contributed by atoms with Crippen molar-refractivity contribution < 1.29 is 139 Å². The van der Waals surface area contributed by atoms with Crippen molar-refractivity contribution in [3.05, 3.63) is 0 Å². The zero-order chi connectivity index (χ0) is 71.5. The zero-order valence-corrected chi connectivity index (χ0v) is 58.3. The third-order valence-corrected chi connectivity index (χ3v) is 19.8. The summed E-state index contributed by atoms with van der Waals surface area (Å²) in [7, 11) is 0. The number of fused-ring (bicyclic) bond motifs is 4. The molecule has 0 amide bonds. The van der Waals surface area contributed by atoms with Crippen LogP contribution in [0.2, 0.25) is 0 Å². The average Bonchev–Trinajstić information content (AvgIpc) is 0.825. The van der Waals surface area contributed by atoms with E-state index in [1.54, 1.807) is 13.8 Å². The predicted molar refractivity (Wildman–Crippen MR) is 352 cm³/mol. The normalized spacial score (nSPS) is 35.2. The van der Waals surface area contributed by atoms with Gasteiger partial charge in [0.05, 0.1) is 62.7 Å². The van der Waals surface area contributed by atoms with E-state index in [1.165, 1.54) is 0 Å². The zero-order valence-electron chi connectivity index (χ0n) is 58.3. The maximum atomic E-state index is 13.5. The molecule has 576 valence electrons. The molecule has 0 saturated carbocycles. The van der Waals surface area contributed by atoms with Crippen molar-refractivity contribution in [2.45, 2.75) is 404 Å². The van der Waals surface area contributed by atoms with Gasteiger partial charge in [-0.05, 0) is 65.2 Å². The van der Waals surface area contributed by atoms with Gasteiger partial charge in [-0.1, -0.05) is 167 Å². The van der Waals surface area contributed by atoms with Gasteiger partial charge in [0, 0.05) is 0 Å². The van der Waals surface area contributed by atoms with E-state index in [0.29, 0.717) is 57.8 Å². The number of hydrogen-bond donors (Lipinski definition) is 16. The number of rotatable bonds is 44. The third kappa shape index (κ3) is 31.0. The minimum atomic E-state index is -1.77. The van der Waals surface area contributed by atoms with Gasteiger partial charge in [-0.25, -0.2) is 0 Å². The van der Waals surface area contributed by atoms with E-state index in [0.717, 1.165) is 154 Å². The van der Waals surface area contributed by atoms with Crippen molar-refractivity contribution in [1.29, 1.82) is 0 Å². The molecular weight excluding hydrogens is 1290 g/mol. The van der Waals surface area contributed by atoms with Crippen molar-refractivity contribution >= 4 is 11.9 Å². The molecule has 0 spiro atoms. The lowest BCUT2D eigenvalue weighted by Crippen LogP contribution is -2.60. The SMILES string of the molecule is CC(O)CCCCCC(CCCCCCCCCCCCCC1CC(=O)OC[C@H]2O[C@@H](OC(CCCCCCCCCCCC(CCCCCC(C)O)O[C@@H]3O[C@H](CO)[C@@H](O)[C@H](O)[C@H]3O)CC(=O)OC[C@H]3O[C@@H](O1)[C@H](O)[C@@H](O)[C@@H]3O)[C@H](O)[C@@H](O)[C@@H]2O)O[C@@H]1O[C@H](CO)[C@@H](O)[C@H](O)[C@H]1O. The highest BCUT2D eigenvalue weighted by Gasteiger charge is 2.49. The summed E-state index contributed by atoms with van der Waals surface area (Å²) < 4.78 is 58.9. The van der Waals surface area contributed by atoms with E-state index in [4.69, 9.17) is 47.4 Å². The maximum absolute atomic E-state index is 13.5.